The van der Waals surface area contributed by atoms with Crippen molar-refractivity contribution in [2.45, 2.75) is 32.0 Å². The quantitative estimate of drug-likeness (QED) is 0.636. The van der Waals surface area contributed by atoms with Crippen LogP contribution in [0.3, 0.4) is 0 Å². The van der Waals surface area contributed by atoms with Crippen LogP contribution >= 0.6 is 0 Å². The number of carbonyl (C=O) groups excluding carboxylic acids is 1. The van der Waals surface area contributed by atoms with E-state index < -0.39 is 11.8 Å². The summed E-state index contributed by atoms with van der Waals surface area (Å²) in [5.74, 6) is -2.17. The molecule has 0 atom stereocenters. The highest BCUT2D eigenvalue weighted by Crippen LogP contribution is 2.24. The SMILES string of the molecule is CCC(=O)OC1(F)CCNCC1. The van der Waals surface area contributed by atoms with Gasteiger partial charge in [-0.15, -0.1) is 0 Å². The molecule has 1 N–H and O–H groups in total. The number of rotatable bonds is 2. The second-order valence-corrected chi connectivity index (χ2v) is 2.96. The summed E-state index contributed by atoms with van der Waals surface area (Å²) in [5.41, 5.74) is 0. The first-order valence-electron chi connectivity index (χ1n) is 4.28. The average molecular weight is 175 g/mol. The van der Waals surface area contributed by atoms with Crippen LogP contribution in [-0.2, 0) is 9.53 Å². The minimum absolute atomic E-state index is 0.235. The summed E-state index contributed by atoms with van der Waals surface area (Å²) in [4.78, 5) is 10.8. The van der Waals surface area contributed by atoms with Gasteiger partial charge in [-0.2, -0.15) is 4.39 Å². The van der Waals surface area contributed by atoms with E-state index in [1.165, 1.54) is 0 Å². The van der Waals surface area contributed by atoms with Gasteiger partial charge in [0.25, 0.3) is 5.85 Å². The Morgan fingerprint density at radius 1 is 1.58 bits per heavy atom. The van der Waals surface area contributed by atoms with E-state index in [4.69, 9.17) is 0 Å². The number of nitrogens with one attached hydrogen (secondary N) is 1. The Labute approximate surface area is 71.3 Å². The maximum absolute atomic E-state index is 13.5. The number of carbonyl (C=O) groups is 1. The van der Waals surface area contributed by atoms with Crippen LogP contribution in [0, 0.1) is 0 Å². The summed E-state index contributed by atoms with van der Waals surface area (Å²) in [6.07, 6.45) is 0.760. The molecular weight excluding hydrogens is 161 g/mol. The molecule has 0 aliphatic carbocycles. The van der Waals surface area contributed by atoms with Gasteiger partial charge in [-0.05, 0) is 0 Å². The first kappa shape index (κ1) is 9.45. The fraction of sp³-hybridized carbons (Fsp3) is 0.875. The molecule has 1 saturated heterocycles. The van der Waals surface area contributed by atoms with E-state index in [1.54, 1.807) is 6.92 Å². The maximum atomic E-state index is 13.5. The lowest BCUT2D eigenvalue weighted by atomic mass is 10.1. The number of hydrogen-bond acceptors (Lipinski definition) is 3. The molecule has 1 fully saturated rings. The Morgan fingerprint density at radius 2 is 2.17 bits per heavy atom. The van der Waals surface area contributed by atoms with Gasteiger partial charge >= 0.3 is 5.97 Å². The third-order valence-corrected chi connectivity index (χ3v) is 1.94. The Balaban J connectivity index is 2.41. The molecule has 0 aromatic carbocycles. The van der Waals surface area contributed by atoms with Crippen LogP contribution in [0.5, 0.6) is 0 Å². The van der Waals surface area contributed by atoms with Crippen molar-refractivity contribution < 1.29 is 13.9 Å². The largest absolute Gasteiger partial charge is 0.428 e. The van der Waals surface area contributed by atoms with Crippen molar-refractivity contribution in [3.63, 3.8) is 0 Å². The summed E-state index contributed by atoms with van der Waals surface area (Å²) in [5, 5.41) is 3.00. The van der Waals surface area contributed by atoms with E-state index in [0.29, 0.717) is 13.1 Å². The lowest BCUT2D eigenvalue weighted by Crippen LogP contribution is -2.41. The minimum atomic E-state index is -1.71. The maximum Gasteiger partial charge on any atom is 0.308 e. The van der Waals surface area contributed by atoms with E-state index >= 15 is 0 Å². The highest BCUT2D eigenvalue weighted by molar-refractivity contribution is 5.69. The van der Waals surface area contributed by atoms with Crippen molar-refractivity contribution in [1.82, 2.24) is 5.32 Å². The summed E-state index contributed by atoms with van der Waals surface area (Å²) < 4.78 is 18.2. The molecule has 3 nitrogen and oxygen atoms in total. The molecule has 0 aromatic heterocycles. The second-order valence-electron chi connectivity index (χ2n) is 2.96. The number of esters is 1. The highest BCUT2D eigenvalue weighted by Gasteiger charge is 2.34. The van der Waals surface area contributed by atoms with E-state index in [9.17, 15) is 9.18 Å². The molecule has 0 unspecified atom stereocenters. The van der Waals surface area contributed by atoms with Crippen LogP contribution < -0.4 is 5.32 Å². The fourth-order valence-corrected chi connectivity index (χ4v) is 1.18. The number of ether oxygens (including phenoxy) is 1. The van der Waals surface area contributed by atoms with E-state index in [0.717, 1.165) is 0 Å². The topological polar surface area (TPSA) is 38.3 Å². The normalized spacial score (nSPS) is 21.8. The summed E-state index contributed by atoms with van der Waals surface area (Å²) >= 11 is 0. The summed E-state index contributed by atoms with van der Waals surface area (Å²) in [6, 6.07) is 0. The van der Waals surface area contributed by atoms with Gasteiger partial charge < -0.3 is 10.1 Å². The molecule has 0 aromatic rings. The van der Waals surface area contributed by atoms with Crippen LogP contribution in [0.2, 0.25) is 0 Å². The zero-order valence-electron chi connectivity index (χ0n) is 7.23. The fourth-order valence-electron chi connectivity index (χ4n) is 1.18. The molecule has 1 aliphatic rings. The molecule has 1 heterocycles. The molecule has 1 aliphatic heterocycles. The zero-order valence-corrected chi connectivity index (χ0v) is 7.23. The molecule has 70 valence electrons. The third-order valence-electron chi connectivity index (χ3n) is 1.94. The molecule has 0 saturated carbocycles. The predicted molar refractivity (Wildman–Crippen MR) is 42.3 cm³/mol. The molecule has 4 heteroatoms. The molecule has 12 heavy (non-hydrogen) atoms. The molecule has 1 rings (SSSR count). The van der Waals surface area contributed by atoms with Gasteiger partial charge in [-0.3, -0.25) is 4.79 Å². The van der Waals surface area contributed by atoms with Crippen molar-refractivity contribution in [2.75, 3.05) is 13.1 Å². The summed E-state index contributed by atoms with van der Waals surface area (Å²) in [7, 11) is 0. The number of halogens is 1. The molecule has 0 amide bonds. The Kier molecular flexibility index (Phi) is 3.03. The standard InChI is InChI=1S/C8H14FNO2/c1-2-7(11)12-8(9)3-5-10-6-4-8/h10H,2-6H2,1H3. The van der Waals surface area contributed by atoms with Crippen LogP contribution in [-0.4, -0.2) is 24.9 Å². The van der Waals surface area contributed by atoms with Crippen molar-refractivity contribution >= 4 is 5.97 Å². The van der Waals surface area contributed by atoms with E-state index in [1.807, 2.05) is 0 Å². The lowest BCUT2D eigenvalue weighted by Gasteiger charge is -2.29. The Bertz CT molecular complexity index is 166. The first-order chi connectivity index (χ1) is 5.66. The van der Waals surface area contributed by atoms with Crippen LogP contribution in [0.1, 0.15) is 26.2 Å². The third kappa shape index (κ3) is 2.44. The van der Waals surface area contributed by atoms with Gasteiger partial charge in [-0.25, -0.2) is 0 Å². The van der Waals surface area contributed by atoms with Crippen LogP contribution in [0.25, 0.3) is 0 Å². The van der Waals surface area contributed by atoms with Gasteiger partial charge in [0, 0.05) is 32.4 Å². The molecule has 0 radical (unpaired) electrons. The van der Waals surface area contributed by atoms with Gasteiger partial charge in [0.1, 0.15) is 0 Å². The lowest BCUT2D eigenvalue weighted by molar-refractivity contribution is -0.188. The first-order valence-corrected chi connectivity index (χ1v) is 4.28. The van der Waals surface area contributed by atoms with Crippen molar-refractivity contribution in [2.24, 2.45) is 0 Å². The second kappa shape index (κ2) is 3.85. The minimum Gasteiger partial charge on any atom is -0.428 e. The van der Waals surface area contributed by atoms with Gasteiger partial charge in [0.2, 0.25) is 0 Å². The van der Waals surface area contributed by atoms with Crippen molar-refractivity contribution in [1.29, 1.82) is 0 Å². The number of piperidine rings is 1. The monoisotopic (exact) mass is 175 g/mol. The van der Waals surface area contributed by atoms with Crippen LogP contribution in [0.4, 0.5) is 4.39 Å². The number of hydrogen-bond donors (Lipinski definition) is 1. The van der Waals surface area contributed by atoms with Gasteiger partial charge in [0.05, 0.1) is 0 Å². The molecule has 0 spiro atoms. The molecule has 0 bridgehead atoms. The van der Waals surface area contributed by atoms with Crippen molar-refractivity contribution in [3.8, 4) is 0 Å². The Morgan fingerprint density at radius 3 is 2.67 bits per heavy atom. The van der Waals surface area contributed by atoms with Crippen LogP contribution in [0.15, 0.2) is 0 Å². The number of alkyl halides is 1. The molecular formula is C8H14FNO2. The highest BCUT2D eigenvalue weighted by atomic mass is 19.2. The predicted octanol–water partition coefficient (Wildman–Crippen LogP) is 0.989. The Hall–Kier alpha value is -0.640. The zero-order chi connectivity index (χ0) is 9.03. The van der Waals surface area contributed by atoms with Gasteiger partial charge in [0.15, 0.2) is 0 Å². The smallest absolute Gasteiger partial charge is 0.308 e. The summed E-state index contributed by atoms with van der Waals surface area (Å²) in [6.45, 7) is 2.81. The van der Waals surface area contributed by atoms with E-state index in [-0.39, 0.29) is 19.3 Å². The van der Waals surface area contributed by atoms with Gasteiger partial charge in [-0.1, -0.05) is 6.92 Å². The van der Waals surface area contributed by atoms with Crippen molar-refractivity contribution in [3.05, 3.63) is 0 Å². The van der Waals surface area contributed by atoms with E-state index in [2.05, 4.69) is 10.1 Å². The average Bonchev–Trinajstić information content (AvgIpc) is 2.05.